The molecule has 2 aromatic rings. The zero-order valence-electron chi connectivity index (χ0n) is 16.6. The van der Waals surface area contributed by atoms with Crippen LogP contribution in [-0.4, -0.2) is 98.8 Å². The summed E-state index contributed by atoms with van der Waals surface area (Å²) in [6.07, 6.45) is 1.75. The van der Waals surface area contributed by atoms with E-state index in [4.69, 9.17) is 10.5 Å². The number of aliphatic hydroxyl groups is 2. The Balaban J connectivity index is 1.33. The molecular weight excluding hydrogens is 376 g/mol. The van der Waals surface area contributed by atoms with Crippen molar-refractivity contribution < 1.29 is 14.9 Å². The van der Waals surface area contributed by atoms with Crippen LogP contribution in [0.25, 0.3) is 11.2 Å². The first-order valence-corrected chi connectivity index (χ1v) is 10.1. The number of rotatable bonds is 7. The maximum Gasteiger partial charge on any atom is 0.167 e. The molecule has 11 nitrogen and oxygen atoms in total. The topological polar surface area (TPSA) is 147 Å². The first-order chi connectivity index (χ1) is 14.0. The minimum absolute atomic E-state index is 0.263. The van der Waals surface area contributed by atoms with E-state index in [1.54, 1.807) is 4.57 Å². The smallest absolute Gasteiger partial charge is 0.167 e. The van der Waals surface area contributed by atoms with Crippen LogP contribution in [0.2, 0.25) is 0 Å². The molecular formula is C18H30N8O3. The minimum atomic E-state index is -1.09. The SMILES string of the molecule is CN(CCNC1CCNCC1)C[C@H]1O[C@@H](n2cnc3c(N)ncnc32)[C@H](O)[C@@H]1O. The molecule has 0 radical (unpaired) electrons. The molecule has 0 spiro atoms. The second kappa shape index (κ2) is 8.86. The summed E-state index contributed by atoms with van der Waals surface area (Å²) >= 11 is 0. The molecule has 4 atom stereocenters. The number of nitrogens with two attached hydrogens (primary N) is 1. The summed E-state index contributed by atoms with van der Waals surface area (Å²) in [5, 5.41) is 28.0. The highest BCUT2D eigenvalue weighted by atomic mass is 16.6. The van der Waals surface area contributed by atoms with Crippen LogP contribution in [0.3, 0.4) is 0 Å². The summed E-state index contributed by atoms with van der Waals surface area (Å²) in [4.78, 5) is 14.4. The molecule has 2 fully saturated rings. The molecule has 6 N–H and O–H groups in total. The Bertz CT molecular complexity index is 812. The molecule has 0 unspecified atom stereocenters. The molecule has 0 amide bonds. The summed E-state index contributed by atoms with van der Waals surface area (Å²) in [5.41, 5.74) is 6.74. The van der Waals surface area contributed by atoms with Gasteiger partial charge in [0, 0.05) is 25.7 Å². The van der Waals surface area contributed by atoms with Crippen LogP contribution in [-0.2, 0) is 4.74 Å². The van der Waals surface area contributed by atoms with Crippen LogP contribution < -0.4 is 16.4 Å². The predicted octanol–water partition coefficient (Wildman–Crippen LogP) is -1.70. The molecule has 11 heteroatoms. The molecule has 4 rings (SSSR count). The Morgan fingerprint density at radius 2 is 2.07 bits per heavy atom. The lowest BCUT2D eigenvalue weighted by molar-refractivity contribution is -0.0421. The molecule has 0 aliphatic carbocycles. The largest absolute Gasteiger partial charge is 0.387 e. The number of aliphatic hydroxyl groups excluding tert-OH is 2. The summed E-state index contributed by atoms with van der Waals surface area (Å²) in [5.74, 6) is 0.263. The number of nitrogen functional groups attached to an aromatic ring is 1. The molecule has 160 valence electrons. The van der Waals surface area contributed by atoms with Crippen LogP contribution in [0.1, 0.15) is 19.1 Å². The number of likely N-dealkylation sites (N-methyl/N-ethyl adjacent to an activating group) is 1. The molecule has 2 aliphatic heterocycles. The van der Waals surface area contributed by atoms with Crippen molar-refractivity contribution >= 4 is 17.0 Å². The molecule has 2 aliphatic rings. The lowest BCUT2D eigenvalue weighted by Gasteiger charge is -2.26. The molecule has 0 bridgehead atoms. The summed E-state index contributed by atoms with van der Waals surface area (Å²) in [7, 11) is 1.99. The number of fused-ring (bicyclic) bond motifs is 1. The standard InChI is InChI=1S/C18H30N8O3/c1-25(7-6-21-11-2-4-20-5-3-11)8-12-14(27)15(28)18(29-12)26-10-24-13-16(19)22-9-23-17(13)26/h9-12,14-15,18,20-21,27-28H,2-8H2,1H3,(H2,19,22,23)/t12-,14-,15-,18-/m1/s1. The molecule has 0 saturated carbocycles. The third kappa shape index (κ3) is 4.34. The van der Waals surface area contributed by atoms with E-state index in [0.29, 0.717) is 23.8 Å². The number of ether oxygens (including phenoxy) is 1. The number of hydrogen-bond donors (Lipinski definition) is 5. The number of aromatic nitrogens is 4. The van der Waals surface area contributed by atoms with Crippen molar-refractivity contribution in [2.24, 2.45) is 0 Å². The van der Waals surface area contributed by atoms with Gasteiger partial charge in [-0.15, -0.1) is 0 Å². The summed E-state index contributed by atoms with van der Waals surface area (Å²) in [6, 6.07) is 0.563. The Hall–Kier alpha value is -1.89. The zero-order valence-corrected chi connectivity index (χ0v) is 16.6. The highest BCUT2D eigenvalue weighted by Crippen LogP contribution is 2.32. The first kappa shape index (κ1) is 20.4. The number of nitrogens with one attached hydrogen (secondary N) is 2. The molecule has 29 heavy (non-hydrogen) atoms. The number of hydrogen-bond acceptors (Lipinski definition) is 10. The van der Waals surface area contributed by atoms with Gasteiger partial charge in [-0.25, -0.2) is 15.0 Å². The average Bonchev–Trinajstić information content (AvgIpc) is 3.26. The maximum atomic E-state index is 10.6. The fraction of sp³-hybridized carbons (Fsp3) is 0.722. The number of piperidine rings is 1. The Kier molecular flexibility index (Phi) is 6.23. The third-order valence-electron chi connectivity index (χ3n) is 5.76. The van der Waals surface area contributed by atoms with Gasteiger partial charge in [-0.1, -0.05) is 0 Å². The molecule has 0 aromatic carbocycles. The van der Waals surface area contributed by atoms with E-state index in [1.807, 2.05) is 7.05 Å². The van der Waals surface area contributed by atoms with E-state index in [-0.39, 0.29) is 5.82 Å². The van der Waals surface area contributed by atoms with Crippen molar-refractivity contribution in [1.29, 1.82) is 0 Å². The number of imidazole rings is 1. The lowest BCUT2D eigenvalue weighted by atomic mass is 10.1. The quantitative estimate of drug-likeness (QED) is 0.360. The first-order valence-electron chi connectivity index (χ1n) is 10.1. The molecule has 2 aromatic heterocycles. The van der Waals surface area contributed by atoms with E-state index >= 15 is 0 Å². The van der Waals surface area contributed by atoms with Gasteiger partial charge in [0.2, 0.25) is 0 Å². The van der Waals surface area contributed by atoms with Gasteiger partial charge in [0.1, 0.15) is 30.2 Å². The Morgan fingerprint density at radius 1 is 1.28 bits per heavy atom. The Morgan fingerprint density at radius 3 is 2.86 bits per heavy atom. The van der Waals surface area contributed by atoms with E-state index in [9.17, 15) is 10.2 Å². The predicted molar refractivity (Wildman–Crippen MR) is 107 cm³/mol. The van der Waals surface area contributed by atoms with Crippen molar-refractivity contribution in [3.05, 3.63) is 12.7 Å². The summed E-state index contributed by atoms with van der Waals surface area (Å²) in [6.45, 7) is 4.34. The van der Waals surface area contributed by atoms with Crippen molar-refractivity contribution in [3.8, 4) is 0 Å². The second-order valence-electron chi connectivity index (χ2n) is 7.87. The number of nitrogens with zero attached hydrogens (tertiary/aromatic N) is 5. The van der Waals surface area contributed by atoms with Crippen molar-refractivity contribution in [2.75, 3.05) is 45.5 Å². The lowest BCUT2D eigenvalue weighted by Crippen LogP contribution is -2.44. The van der Waals surface area contributed by atoms with Crippen LogP contribution >= 0.6 is 0 Å². The fourth-order valence-corrected chi connectivity index (χ4v) is 4.05. The third-order valence-corrected chi connectivity index (χ3v) is 5.76. The van der Waals surface area contributed by atoms with Crippen molar-refractivity contribution in [3.63, 3.8) is 0 Å². The maximum absolute atomic E-state index is 10.6. The van der Waals surface area contributed by atoms with E-state index in [0.717, 1.165) is 39.0 Å². The minimum Gasteiger partial charge on any atom is -0.387 e. The van der Waals surface area contributed by atoms with Gasteiger partial charge in [-0.05, 0) is 33.0 Å². The van der Waals surface area contributed by atoms with Crippen LogP contribution in [0, 0.1) is 0 Å². The number of anilines is 1. The van der Waals surface area contributed by atoms with Gasteiger partial charge < -0.3 is 36.2 Å². The Labute approximate surface area is 169 Å². The van der Waals surface area contributed by atoms with Crippen LogP contribution in [0.15, 0.2) is 12.7 Å². The zero-order chi connectivity index (χ0) is 20.4. The van der Waals surface area contributed by atoms with Gasteiger partial charge in [-0.3, -0.25) is 4.57 Å². The molecule has 2 saturated heterocycles. The normalized spacial score (nSPS) is 28.6. The monoisotopic (exact) mass is 406 g/mol. The van der Waals surface area contributed by atoms with Gasteiger partial charge in [-0.2, -0.15) is 0 Å². The highest BCUT2D eigenvalue weighted by Gasteiger charge is 2.44. The fourth-order valence-electron chi connectivity index (χ4n) is 4.05. The second-order valence-corrected chi connectivity index (χ2v) is 7.87. The van der Waals surface area contributed by atoms with E-state index in [2.05, 4.69) is 30.5 Å². The van der Waals surface area contributed by atoms with Gasteiger partial charge in [0.05, 0.1) is 6.33 Å². The van der Waals surface area contributed by atoms with Gasteiger partial charge in [0.25, 0.3) is 0 Å². The van der Waals surface area contributed by atoms with Gasteiger partial charge in [0.15, 0.2) is 17.7 Å². The average molecular weight is 406 g/mol. The van der Waals surface area contributed by atoms with Crippen LogP contribution in [0.5, 0.6) is 0 Å². The van der Waals surface area contributed by atoms with Crippen molar-refractivity contribution in [2.45, 2.75) is 43.4 Å². The van der Waals surface area contributed by atoms with Crippen molar-refractivity contribution in [1.82, 2.24) is 35.1 Å². The van der Waals surface area contributed by atoms with Crippen LogP contribution in [0.4, 0.5) is 5.82 Å². The van der Waals surface area contributed by atoms with Gasteiger partial charge >= 0.3 is 0 Å². The summed E-state index contributed by atoms with van der Waals surface area (Å²) < 4.78 is 7.59. The van der Waals surface area contributed by atoms with E-state index in [1.165, 1.54) is 12.7 Å². The molecule has 4 heterocycles. The van der Waals surface area contributed by atoms with E-state index < -0.39 is 24.5 Å². The highest BCUT2D eigenvalue weighted by molar-refractivity contribution is 5.81.